The predicted octanol–water partition coefficient (Wildman–Crippen LogP) is 3.59. The SMILES string of the molecule is CC[C@@H](C(=O)Nc1cccc(SC)c1)N(c1ccccc1)S(C)(=O)=O. The molecule has 2 aromatic rings. The van der Waals surface area contributed by atoms with Crippen molar-refractivity contribution in [3.63, 3.8) is 0 Å². The molecule has 1 atom stereocenters. The summed E-state index contributed by atoms with van der Waals surface area (Å²) >= 11 is 1.57. The molecule has 0 saturated carbocycles. The van der Waals surface area contributed by atoms with Crippen molar-refractivity contribution in [2.24, 2.45) is 0 Å². The molecule has 25 heavy (non-hydrogen) atoms. The molecule has 1 amide bonds. The largest absolute Gasteiger partial charge is 0.324 e. The van der Waals surface area contributed by atoms with Crippen LogP contribution >= 0.6 is 11.8 Å². The van der Waals surface area contributed by atoms with E-state index in [0.29, 0.717) is 17.8 Å². The quantitative estimate of drug-likeness (QED) is 0.748. The second kappa shape index (κ2) is 8.40. The molecule has 2 rings (SSSR count). The number of thioether (sulfide) groups is 1. The third-order valence-corrected chi connectivity index (χ3v) is 5.58. The van der Waals surface area contributed by atoms with Gasteiger partial charge >= 0.3 is 0 Å². The highest BCUT2D eigenvalue weighted by Gasteiger charge is 2.31. The summed E-state index contributed by atoms with van der Waals surface area (Å²) in [4.78, 5) is 13.8. The van der Waals surface area contributed by atoms with Gasteiger partial charge < -0.3 is 5.32 Å². The van der Waals surface area contributed by atoms with Gasteiger partial charge in [-0.1, -0.05) is 31.2 Å². The van der Waals surface area contributed by atoms with Crippen LogP contribution in [0.3, 0.4) is 0 Å². The van der Waals surface area contributed by atoms with Gasteiger partial charge in [-0.05, 0) is 43.0 Å². The van der Waals surface area contributed by atoms with Crippen LogP contribution in [0.2, 0.25) is 0 Å². The van der Waals surface area contributed by atoms with Crippen molar-refractivity contribution in [1.29, 1.82) is 0 Å². The monoisotopic (exact) mass is 378 g/mol. The Bertz CT molecular complexity index is 823. The van der Waals surface area contributed by atoms with E-state index in [-0.39, 0.29) is 5.91 Å². The van der Waals surface area contributed by atoms with E-state index in [2.05, 4.69) is 5.32 Å². The Morgan fingerprint density at radius 2 is 1.84 bits per heavy atom. The topological polar surface area (TPSA) is 66.5 Å². The molecule has 0 aliphatic rings. The van der Waals surface area contributed by atoms with Gasteiger partial charge in [-0.15, -0.1) is 11.8 Å². The summed E-state index contributed by atoms with van der Waals surface area (Å²) < 4.78 is 25.8. The zero-order valence-corrected chi connectivity index (χ0v) is 16.1. The van der Waals surface area contributed by atoms with E-state index >= 15 is 0 Å². The van der Waals surface area contributed by atoms with Crippen LogP contribution in [0.15, 0.2) is 59.5 Å². The first-order valence-corrected chi connectivity index (χ1v) is 10.9. The number of anilines is 2. The maximum absolute atomic E-state index is 12.8. The van der Waals surface area contributed by atoms with Crippen LogP contribution in [-0.2, 0) is 14.8 Å². The van der Waals surface area contributed by atoms with Crippen molar-refractivity contribution in [1.82, 2.24) is 0 Å². The minimum absolute atomic E-state index is 0.352. The minimum atomic E-state index is -3.61. The number of hydrogen-bond acceptors (Lipinski definition) is 4. The van der Waals surface area contributed by atoms with E-state index in [1.165, 1.54) is 4.31 Å². The number of para-hydroxylation sites is 1. The fourth-order valence-electron chi connectivity index (χ4n) is 2.56. The number of nitrogens with one attached hydrogen (secondary N) is 1. The lowest BCUT2D eigenvalue weighted by atomic mass is 10.2. The predicted molar refractivity (Wildman–Crippen MR) is 105 cm³/mol. The van der Waals surface area contributed by atoms with Gasteiger partial charge in [0.25, 0.3) is 0 Å². The van der Waals surface area contributed by atoms with Gasteiger partial charge in [0.2, 0.25) is 15.9 Å². The molecule has 1 N–H and O–H groups in total. The highest BCUT2D eigenvalue weighted by atomic mass is 32.2. The highest BCUT2D eigenvalue weighted by Crippen LogP contribution is 2.24. The van der Waals surface area contributed by atoms with Crippen molar-refractivity contribution < 1.29 is 13.2 Å². The Hall–Kier alpha value is -1.99. The normalized spacial score (nSPS) is 12.4. The lowest BCUT2D eigenvalue weighted by Crippen LogP contribution is -2.46. The van der Waals surface area contributed by atoms with Crippen LogP contribution in [0.1, 0.15) is 13.3 Å². The van der Waals surface area contributed by atoms with E-state index in [0.717, 1.165) is 11.2 Å². The third kappa shape index (κ3) is 4.99. The Balaban J connectivity index is 2.32. The first-order valence-electron chi connectivity index (χ1n) is 7.86. The average molecular weight is 379 g/mol. The Labute approximate surface area is 153 Å². The van der Waals surface area contributed by atoms with E-state index in [1.807, 2.05) is 24.5 Å². The Kier molecular flexibility index (Phi) is 6.50. The van der Waals surface area contributed by atoms with Gasteiger partial charge in [-0.2, -0.15) is 0 Å². The molecular formula is C18H22N2O3S2. The molecule has 0 radical (unpaired) electrons. The molecule has 134 valence electrons. The number of nitrogens with zero attached hydrogens (tertiary/aromatic N) is 1. The maximum Gasteiger partial charge on any atom is 0.248 e. The number of rotatable bonds is 7. The lowest BCUT2D eigenvalue weighted by Gasteiger charge is -2.30. The van der Waals surface area contributed by atoms with Gasteiger partial charge in [0.1, 0.15) is 6.04 Å². The smallest absolute Gasteiger partial charge is 0.248 e. The number of benzene rings is 2. The summed E-state index contributed by atoms with van der Waals surface area (Å²) in [6, 6.07) is 15.3. The Morgan fingerprint density at radius 1 is 1.16 bits per heavy atom. The molecule has 0 spiro atoms. The van der Waals surface area contributed by atoms with Crippen LogP contribution in [-0.4, -0.2) is 32.9 Å². The number of sulfonamides is 1. The molecule has 0 fully saturated rings. The fourth-order valence-corrected chi connectivity index (χ4v) is 4.23. The van der Waals surface area contributed by atoms with Gasteiger partial charge in [0, 0.05) is 10.6 Å². The van der Waals surface area contributed by atoms with Crippen LogP contribution in [0, 0.1) is 0 Å². The molecule has 0 bridgehead atoms. The van der Waals surface area contributed by atoms with Crippen molar-refractivity contribution >= 4 is 39.1 Å². The van der Waals surface area contributed by atoms with Crippen molar-refractivity contribution in [3.05, 3.63) is 54.6 Å². The zero-order valence-electron chi connectivity index (χ0n) is 14.5. The molecule has 2 aromatic carbocycles. The second-order valence-electron chi connectivity index (χ2n) is 5.54. The third-order valence-electron chi connectivity index (χ3n) is 3.68. The lowest BCUT2D eigenvalue weighted by molar-refractivity contribution is -0.117. The van der Waals surface area contributed by atoms with E-state index in [1.54, 1.807) is 55.1 Å². The van der Waals surface area contributed by atoms with E-state index in [9.17, 15) is 13.2 Å². The minimum Gasteiger partial charge on any atom is -0.324 e. The molecule has 0 saturated heterocycles. The van der Waals surface area contributed by atoms with Crippen molar-refractivity contribution in [2.45, 2.75) is 24.3 Å². The molecular weight excluding hydrogens is 356 g/mol. The van der Waals surface area contributed by atoms with Crippen LogP contribution in [0.4, 0.5) is 11.4 Å². The molecule has 0 heterocycles. The standard InChI is InChI=1S/C18H22N2O3S2/c1-4-17(18(21)19-14-9-8-12-16(13-14)24-2)20(25(3,22)23)15-10-6-5-7-11-15/h5-13,17H,4H2,1-3H3,(H,19,21)/t17-/m0/s1. The molecule has 0 unspecified atom stereocenters. The molecule has 0 aliphatic carbocycles. The van der Waals surface area contributed by atoms with Crippen LogP contribution in [0.5, 0.6) is 0 Å². The maximum atomic E-state index is 12.8. The summed E-state index contributed by atoms with van der Waals surface area (Å²) in [5, 5.41) is 2.83. The van der Waals surface area contributed by atoms with Crippen LogP contribution < -0.4 is 9.62 Å². The average Bonchev–Trinajstić information content (AvgIpc) is 2.59. The zero-order chi connectivity index (χ0) is 18.4. The highest BCUT2D eigenvalue weighted by molar-refractivity contribution is 7.98. The van der Waals surface area contributed by atoms with Crippen molar-refractivity contribution in [3.8, 4) is 0 Å². The van der Waals surface area contributed by atoms with E-state index < -0.39 is 16.1 Å². The fraction of sp³-hybridized carbons (Fsp3) is 0.278. The van der Waals surface area contributed by atoms with Gasteiger partial charge in [-0.25, -0.2) is 8.42 Å². The molecule has 5 nitrogen and oxygen atoms in total. The van der Waals surface area contributed by atoms with Gasteiger partial charge in [0.05, 0.1) is 11.9 Å². The number of carbonyl (C=O) groups excluding carboxylic acids is 1. The van der Waals surface area contributed by atoms with E-state index in [4.69, 9.17) is 0 Å². The van der Waals surface area contributed by atoms with Gasteiger partial charge in [-0.3, -0.25) is 9.10 Å². The van der Waals surface area contributed by atoms with Gasteiger partial charge in [0.15, 0.2) is 0 Å². The number of hydrogen-bond donors (Lipinski definition) is 1. The second-order valence-corrected chi connectivity index (χ2v) is 8.28. The number of amides is 1. The first kappa shape index (κ1) is 19.3. The summed E-state index contributed by atoms with van der Waals surface area (Å²) in [6.45, 7) is 1.80. The summed E-state index contributed by atoms with van der Waals surface area (Å²) in [5.74, 6) is -0.352. The van der Waals surface area contributed by atoms with Crippen molar-refractivity contribution in [2.75, 3.05) is 22.1 Å². The molecule has 0 aliphatic heterocycles. The molecule has 7 heteroatoms. The number of carbonyl (C=O) groups is 1. The summed E-state index contributed by atoms with van der Waals surface area (Å²) in [5.41, 5.74) is 1.13. The summed E-state index contributed by atoms with van der Waals surface area (Å²) in [7, 11) is -3.61. The van der Waals surface area contributed by atoms with Crippen LogP contribution in [0.25, 0.3) is 0 Å². The Morgan fingerprint density at radius 3 is 2.40 bits per heavy atom. The molecule has 0 aromatic heterocycles. The summed E-state index contributed by atoms with van der Waals surface area (Å²) in [6.07, 6.45) is 3.43. The first-order chi connectivity index (χ1) is 11.9.